The molecule has 2 aromatic rings. The maximum atomic E-state index is 6.17. The lowest BCUT2D eigenvalue weighted by Gasteiger charge is -2.13. The van der Waals surface area contributed by atoms with Crippen molar-refractivity contribution in [3.05, 3.63) is 55.6 Å². The standard InChI is InChI=1S/C12H11BrClNS/c13-11-2-1-9(14)6-10(11)12(15)5-8-3-4-16-7-8/h1-4,6-7,12H,5,15H2. The van der Waals surface area contributed by atoms with Crippen molar-refractivity contribution in [3.63, 3.8) is 0 Å². The SMILES string of the molecule is NC(Cc1ccsc1)c1cc(Cl)ccc1Br. The molecule has 0 radical (unpaired) electrons. The molecule has 1 nitrogen and oxygen atoms in total. The first kappa shape index (κ1) is 12.1. The van der Waals surface area contributed by atoms with Crippen LogP contribution >= 0.6 is 38.9 Å². The molecule has 0 fully saturated rings. The van der Waals surface area contributed by atoms with Gasteiger partial charge in [0.2, 0.25) is 0 Å². The van der Waals surface area contributed by atoms with Gasteiger partial charge in [0.15, 0.2) is 0 Å². The van der Waals surface area contributed by atoms with Gasteiger partial charge in [-0.05, 0) is 52.6 Å². The van der Waals surface area contributed by atoms with E-state index in [1.807, 2.05) is 18.2 Å². The Labute approximate surface area is 112 Å². The van der Waals surface area contributed by atoms with Crippen LogP contribution in [-0.4, -0.2) is 0 Å². The minimum absolute atomic E-state index is 0.0253. The third-order valence-electron chi connectivity index (χ3n) is 2.39. The fourth-order valence-electron chi connectivity index (χ4n) is 1.57. The maximum Gasteiger partial charge on any atom is 0.0410 e. The van der Waals surface area contributed by atoms with Gasteiger partial charge in [-0.15, -0.1) is 0 Å². The fourth-order valence-corrected chi connectivity index (χ4v) is 2.97. The van der Waals surface area contributed by atoms with Gasteiger partial charge in [-0.3, -0.25) is 0 Å². The lowest BCUT2D eigenvalue weighted by Crippen LogP contribution is -2.13. The van der Waals surface area contributed by atoms with Crippen molar-refractivity contribution in [1.82, 2.24) is 0 Å². The van der Waals surface area contributed by atoms with E-state index in [0.29, 0.717) is 0 Å². The summed E-state index contributed by atoms with van der Waals surface area (Å²) >= 11 is 11.2. The van der Waals surface area contributed by atoms with Crippen molar-refractivity contribution in [2.24, 2.45) is 5.73 Å². The van der Waals surface area contributed by atoms with E-state index in [2.05, 4.69) is 32.8 Å². The Morgan fingerprint density at radius 3 is 2.88 bits per heavy atom. The van der Waals surface area contributed by atoms with E-state index in [1.54, 1.807) is 11.3 Å². The molecule has 0 spiro atoms. The van der Waals surface area contributed by atoms with E-state index >= 15 is 0 Å². The third kappa shape index (κ3) is 2.86. The van der Waals surface area contributed by atoms with Crippen molar-refractivity contribution >= 4 is 38.9 Å². The zero-order valence-electron chi connectivity index (χ0n) is 8.49. The molecule has 84 valence electrons. The molecule has 1 heterocycles. The highest BCUT2D eigenvalue weighted by atomic mass is 79.9. The minimum atomic E-state index is -0.0253. The Balaban J connectivity index is 2.20. The summed E-state index contributed by atoms with van der Waals surface area (Å²) in [5.74, 6) is 0. The lowest BCUT2D eigenvalue weighted by molar-refractivity contribution is 0.720. The average Bonchev–Trinajstić information content (AvgIpc) is 2.74. The number of benzene rings is 1. The van der Waals surface area contributed by atoms with Gasteiger partial charge in [-0.1, -0.05) is 27.5 Å². The highest BCUT2D eigenvalue weighted by molar-refractivity contribution is 9.10. The first-order valence-electron chi connectivity index (χ1n) is 4.88. The third-order valence-corrected chi connectivity index (χ3v) is 4.08. The van der Waals surface area contributed by atoms with E-state index in [1.165, 1.54) is 5.56 Å². The number of thiophene rings is 1. The van der Waals surface area contributed by atoms with Gasteiger partial charge >= 0.3 is 0 Å². The quantitative estimate of drug-likeness (QED) is 0.892. The van der Waals surface area contributed by atoms with Crippen LogP contribution in [-0.2, 0) is 6.42 Å². The van der Waals surface area contributed by atoms with Gasteiger partial charge in [0.25, 0.3) is 0 Å². The molecule has 1 aromatic heterocycles. The summed E-state index contributed by atoms with van der Waals surface area (Å²) in [6.45, 7) is 0. The van der Waals surface area contributed by atoms with Gasteiger partial charge < -0.3 is 5.73 Å². The van der Waals surface area contributed by atoms with Crippen LogP contribution in [0.1, 0.15) is 17.2 Å². The van der Waals surface area contributed by atoms with Crippen molar-refractivity contribution in [1.29, 1.82) is 0 Å². The Morgan fingerprint density at radius 1 is 1.38 bits per heavy atom. The summed E-state index contributed by atoms with van der Waals surface area (Å²) in [4.78, 5) is 0. The molecule has 0 saturated heterocycles. The predicted octanol–water partition coefficient (Wildman–Crippen LogP) is 4.41. The summed E-state index contributed by atoms with van der Waals surface area (Å²) < 4.78 is 1.01. The second-order valence-corrected chi connectivity index (χ2v) is 5.68. The molecule has 0 saturated carbocycles. The second-order valence-electron chi connectivity index (χ2n) is 3.61. The monoisotopic (exact) mass is 315 g/mol. The van der Waals surface area contributed by atoms with E-state index in [9.17, 15) is 0 Å². The number of hydrogen-bond donors (Lipinski definition) is 1. The zero-order valence-corrected chi connectivity index (χ0v) is 11.6. The van der Waals surface area contributed by atoms with Gasteiger partial charge in [0.05, 0.1) is 0 Å². The zero-order chi connectivity index (χ0) is 11.5. The smallest absolute Gasteiger partial charge is 0.0410 e. The minimum Gasteiger partial charge on any atom is -0.324 e. The van der Waals surface area contributed by atoms with Crippen LogP contribution in [0, 0.1) is 0 Å². The molecule has 0 amide bonds. The van der Waals surface area contributed by atoms with Gasteiger partial charge in [-0.25, -0.2) is 0 Å². The van der Waals surface area contributed by atoms with Crippen LogP contribution in [0.25, 0.3) is 0 Å². The van der Waals surface area contributed by atoms with E-state index in [-0.39, 0.29) is 6.04 Å². The Hall–Kier alpha value is -0.350. The summed E-state index contributed by atoms with van der Waals surface area (Å²) in [5.41, 5.74) is 8.49. The Bertz CT molecular complexity index is 470. The maximum absolute atomic E-state index is 6.17. The highest BCUT2D eigenvalue weighted by Crippen LogP contribution is 2.27. The number of halogens is 2. The van der Waals surface area contributed by atoms with E-state index < -0.39 is 0 Å². The molecule has 0 bridgehead atoms. The van der Waals surface area contributed by atoms with Crippen molar-refractivity contribution in [2.45, 2.75) is 12.5 Å². The van der Waals surface area contributed by atoms with Crippen LogP contribution in [0.3, 0.4) is 0 Å². The van der Waals surface area contributed by atoms with Crippen molar-refractivity contribution < 1.29 is 0 Å². The van der Waals surface area contributed by atoms with Crippen molar-refractivity contribution in [2.75, 3.05) is 0 Å². The summed E-state index contributed by atoms with van der Waals surface area (Å²) in [5, 5.41) is 4.91. The molecule has 16 heavy (non-hydrogen) atoms. The Kier molecular flexibility index (Phi) is 4.03. The molecule has 0 aliphatic carbocycles. The number of rotatable bonds is 3. The summed E-state index contributed by atoms with van der Waals surface area (Å²) in [6.07, 6.45) is 0.836. The molecule has 1 atom stereocenters. The van der Waals surface area contributed by atoms with E-state index in [4.69, 9.17) is 17.3 Å². The normalized spacial score (nSPS) is 12.7. The molecule has 4 heteroatoms. The topological polar surface area (TPSA) is 26.0 Å². The molecular formula is C12H11BrClNS. The van der Waals surface area contributed by atoms with Gasteiger partial charge in [0.1, 0.15) is 0 Å². The van der Waals surface area contributed by atoms with Gasteiger partial charge in [-0.2, -0.15) is 11.3 Å². The fraction of sp³-hybridized carbons (Fsp3) is 0.167. The highest BCUT2D eigenvalue weighted by Gasteiger charge is 2.11. The molecule has 2 rings (SSSR count). The Morgan fingerprint density at radius 2 is 2.19 bits per heavy atom. The lowest BCUT2D eigenvalue weighted by atomic mass is 10.0. The van der Waals surface area contributed by atoms with Gasteiger partial charge in [0, 0.05) is 15.5 Å². The van der Waals surface area contributed by atoms with Crippen LogP contribution in [0.2, 0.25) is 5.02 Å². The molecule has 0 aliphatic heterocycles. The largest absolute Gasteiger partial charge is 0.324 e. The van der Waals surface area contributed by atoms with E-state index in [0.717, 1.165) is 21.5 Å². The molecular weight excluding hydrogens is 306 g/mol. The first-order chi connectivity index (χ1) is 7.66. The molecule has 1 unspecified atom stereocenters. The molecule has 1 aromatic carbocycles. The van der Waals surface area contributed by atoms with Crippen LogP contribution in [0.15, 0.2) is 39.5 Å². The second kappa shape index (κ2) is 5.32. The molecule has 0 aliphatic rings. The number of hydrogen-bond acceptors (Lipinski definition) is 2. The van der Waals surface area contributed by atoms with Crippen LogP contribution < -0.4 is 5.73 Å². The molecule has 2 N–H and O–H groups in total. The van der Waals surface area contributed by atoms with Crippen molar-refractivity contribution in [3.8, 4) is 0 Å². The van der Waals surface area contributed by atoms with Crippen LogP contribution in [0.5, 0.6) is 0 Å². The summed E-state index contributed by atoms with van der Waals surface area (Å²) in [6, 6.07) is 7.78. The summed E-state index contributed by atoms with van der Waals surface area (Å²) in [7, 11) is 0. The predicted molar refractivity (Wildman–Crippen MR) is 74.1 cm³/mol. The average molecular weight is 317 g/mol. The first-order valence-corrected chi connectivity index (χ1v) is 7.00. The van der Waals surface area contributed by atoms with Crippen LogP contribution in [0.4, 0.5) is 0 Å². The number of nitrogens with two attached hydrogens (primary N) is 1.